The zero-order valence-corrected chi connectivity index (χ0v) is 14.1. The van der Waals surface area contributed by atoms with E-state index in [1.165, 1.54) is 35.6 Å². The number of halogens is 1. The van der Waals surface area contributed by atoms with E-state index < -0.39 is 0 Å². The highest BCUT2D eigenvalue weighted by Gasteiger charge is 2.38. The van der Waals surface area contributed by atoms with Crippen LogP contribution in [0.3, 0.4) is 0 Å². The van der Waals surface area contributed by atoms with Gasteiger partial charge in [-0.2, -0.15) is 11.8 Å². The number of thioether (sulfide) groups is 1. The SMILES string of the molecule is Clc1ccc(CCNC2CCOC3(CCSCC3)C2)s1. The molecule has 0 aliphatic carbocycles. The maximum absolute atomic E-state index is 6.14. The van der Waals surface area contributed by atoms with Crippen molar-refractivity contribution in [1.29, 1.82) is 0 Å². The highest BCUT2D eigenvalue weighted by Crippen LogP contribution is 2.37. The smallest absolute Gasteiger partial charge is 0.0931 e. The fraction of sp³-hybridized carbons (Fsp3) is 0.733. The maximum atomic E-state index is 6.14. The van der Waals surface area contributed by atoms with Gasteiger partial charge in [-0.1, -0.05) is 11.6 Å². The topological polar surface area (TPSA) is 21.3 Å². The summed E-state index contributed by atoms with van der Waals surface area (Å²) in [4.78, 5) is 1.37. The Hall–Kier alpha value is 0.260. The predicted octanol–water partition coefficient (Wildman–Crippen LogP) is 3.98. The van der Waals surface area contributed by atoms with E-state index in [4.69, 9.17) is 16.3 Å². The third kappa shape index (κ3) is 3.92. The van der Waals surface area contributed by atoms with E-state index in [-0.39, 0.29) is 5.60 Å². The molecule has 0 bridgehead atoms. The van der Waals surface area contributed by atoms with Gasteiger partial charge in [-0.3, -0.25) is 0 Å². The van der Waals surface area contributed by atoms with Crippen LogP contribution in [0, 0.1) is 0 Å². The van der Waals surface area contributed by atoms with E-state index >= 15 is 0 Å². The summed E-state index contributed by atoms with van der Waals surface area (Å²) in [7, 11) is 0. The van der Waals surface area contributed by atoms with E-state index in [9.17, 15) is 0 Å². The standard InChI is InChI=1S/C15H22ClNOS2/c16-14-2-1-13(20-14)3-7-17-12-4-8-18-15(11-12)5-9-19-10-6-15/h1-2,12,17H,3-11H2. The molecule has 2 saturated heterocycles. The van der Waals surface area contributed by atoms with Gasteiger partial charge in [0.05, 0.1) is 9.94 Å². The van der Waals surface area contributed by atoms with E-state index in [1.807, 2.05) is 6.07 Å². The van der Waals surface area contributed by atoms with E-state index in [1.54, 1.807) is 11.3 Å². The number of hydrogen-bond donors (Lipinski definition) is 1. The molecular weight excluding hydrogens is 310 g/mol. The number of hydrogen-bond acceptors (Lipinski definition) is 4. The highest BCUT2D eigenvalue weighted by atomic mass is 35.5. The van der Waals surface area contributed by atoms with Crippen molar-refractivity contribution in [3.63, 3.8) is 0 Å². The van der Waals surface area contributed by atoms with Crippen LogP contribution in [-0.2, 0) is 11.2 Å². The number of thiophene rings is 1. The summed E-state index contributed by atoms with van der Waals surface area (Å²) < 4.78 is 7.03. The monoisotopic (exact) mass is 331 g/mol. The Morgan fingerprint density at radius 3 is 2.95 bits per heavy atom. The van der Waals surface area contributed by atoms with E-state index in [0.29, 0.717) is 6.04 Å². The van der Waals surface area contributed by atoms with Gasteiger partial charge in [-0.05, 0) is 55.7 Å². The summed E-state index contributed by atoms with van der Waals surface area (Å²) in [5.41, 5.74) is 0.188. The van der Waals surface area contributed by atoms with Crippen LogP contribution < -0.4 is 5.32 Å². The molecule has 2 fully saturated rings. The average molecular weight is 332 g/mol. The Balaban J connectivity index is 1.45. The lowest BCUT2D eigenvalue weighted by Gasteiger charge is -2.43. The molecule has 1 atom stereocenters. The molecule has 2 aliphatic rings. The Bertz CT molecular complexity index is 426. The summed E-state index contributed by atoms with van der Waals surface area (Å²) in [5, 5.41) is 3.73. The van der Waals surface area contributed by atoms with E-state index in [2.05, 4.69) is 23.1 Å². The van der Waals surface area contributed by atoms with E-state index in [0.717, 1.165) is 30.3 Å². The van der Waals surface area contributed by atoms with Crippen LogP contribution in [0.1, 0.15) is 30.6 Å². The van der Waals surface area contributed by atoms with Crippen molar-refractivity contribution >= 4 is 34.7 Å². The third-order valence-electron chi connectivity index (χ3n) is 4.33. The second-order valence-corrected chi connectivity index (χ2v) is 8.77. The van der Waals surface area contributed by atoms with Gasteiger partial charge >= 0.3 is 0 Å². The largest absolute Gasteiger partial charge is 0.375 e. The lowest BCUT2D eigenvalue weighted by molar-refractivity contribution is -0.0930. The molecule has 0 amide bonds. The summed E-state index contributed by atoms with van der Waals surface area (Å²) in [6.45, 7) is 1.97. The fourth-order valence-electron chi connectivity index (χ4n) is 3.18. The molecule has 1 spiro atoms. The Morgan fingerprint density at radius 2 is 2.20 bits per heavy atom. The van der Waals surface area contributed by atoms with Crippen molar-refractivity contribution in [3.05, 3.63) is 21.3 Å². The van der Waals surface area contributed by atoms with Crippen molar-refractivity contribution in [2.24, 2.45) is 0 Å². The summed E-state index contributed by atoms with van der Waals surface area (Å²) in [6, 6.07) is 4.76. The predicted molar refractivity (Wildman–Crippen MR) is 89.3 cm³/mol. The molecule has 1 N–H and O–H groups in total. The van der Waals surface area contributed by atoms with Crippen LogP contribution >= 0.6 is 34.7 Å². The fourth-order valence-corrected chi connectivity index (χ4v) is 5.50. The zero-order chi connectivity index (χ0) is 13.8. The Morgan fingerprint density at radius 1 is 1.35 bits per heavy atom. The van der Waals surface area contributed by atoms with Gasteiger partial charge in [0.25, 0.3) is 0 Å². The molecular formula is C15H22ClNOS2. The lowest BCUT2D eigenvalue weighted by atomic mass is 9.85. The molecule has 0 radical (unpaired) electrons. The summed E-state index contributed by atoms with van der Waals surface area (Å²) in [5.74, 6) is 2.53. The van der Waals surface area contributed by atoms with Crippen molar-refractivity contribution in [1.82, 2.24) is 5.32 Å². The van der Waals surface area contributed by atoms with Crippen LogP contribution in [-0.4, -0.2) is 36.3 Å². The van der Waals surface area contributed by atoms with Gasteiger partial charge in [0, 0.05) is 24.1 Å². The first-order chi connectivity index (χ1) is 9.76. The first-order valence-electron chi connectivity index (χ1n) is 7.45. The van der Waals surface area contributed by atoms with Crippen molar-refractivity contribution in [2.75, 3.05) is 24.7 Å². The first-order valence-corrected chi connectivity index (χ1v) is 9.80. The minimum absolute atomic E-state index is 0.188. The molecule has 0 saturated carbocycles. The van der Waals surface area contributed by atoms with Crippen LogP contribution in [0.4, 0.5) is 0 Å². The summed E-state index contributed by atoms with van der Waals surface area (Å²) in [6.07, 6.45) is 5.89. The molecule has 1 aromatic rings. The quantitative estimate of drug-likeness (QED) is 0.901. The molecule has 3 rings (SSSR count). The Labute approximate surface area is 134 Å². The molecule has 1 aromatic heterocycles. The van der Waals surface area contributed by atoms with Crippen molar-refractivity contribution in [2.45, 2.75) is 43.7 Å². The molecule has 1 unspecified atom stereocenters. The van der Waals surface area contributed by atoms with Crippen molar-refractivity contribution in [3.8, 4) is 0 Å². The number of ether oxygens (including phenoxy) is 1. The Kier molecular flexibility index (Phi) is 5.32. The first kappa shape index (κ1) is 15.2. The zero-order valence-electron chi connectivity index (χ0n) is 11.7. The normalized spacial score (nSPS) is 25.9. The number of rotatable bonds is 4. The molecule has 0 aromatic carbocycles. The van der Waals surface area contributed by atoms with Gasteiger partial charge < -0.3 is 10.1 Å². The molecule has 2 nitrogen and oxygen atoms in total. The van der Waals surface area contributed by atoms with Crippen molar-refractivity contribution < 1.29 is 4.74 Å². The molecule has 5 heteroatoms. The van der Waals surface area contributed by atoms with Gasteiger partial charge in [-0.25, -0.2) is 0 Å². The average Bonchev–Trinajstić information content (AvgIpc) is 2.86. The second-order valence-electron chi connectivity index (χ2n) is 5.74. The highest BCUT2D eigenvalue weighted by molar-refractivity contribution is 7.99. The molecule has 112 valence electrons. The van der Waals surface area contributed by atoms with Gasteiger partial charge in [0.2, 0.25) is 0 Å². The third-order valence-corrected chi connectivity index (χ3v) is 6.61. The molecule has 3 heterocycles. The van der Waals surface area contributed by atoms with Gasteiger partial charge in [0.1, 0.15) is 0 Å². The minimum Gasteiger partial charge on any atom is -0.375 e. The van der Waals surface area contributed by atoms with Crippen LogP contribution in [0.2, 0.25) is 4.34 Å². The summed E-state index contributed by atoms with van der Waals surface area (Å²) >= 11 is 9.73. The molecule has 2 aliphatic heterocycles. The maximum Gasteiger partial charge on any atom is 0.0931 e. The number of nitrogens with one attached hydrogen (secondary N) is 1. The van der Waals surface area contributed by atoms with Crippen LogP contribution in [0.15, 0.2) is 12.1 Å². The van der Waals surface area contributed by atoms with Gasteiger partial charge in [0.15, 0.2) is 0 Å². The van der Waals surface area contributed by atoms with Gasteiger partial charge in [-0.15, -0.1) is 11.3 Å². The minimum atomic E-state index is 0.188. The molecule has 20 heavy (non-hydrogen) atoms. The lowest BCUT2D eigenvalue weighted by Crippen LogP contribution is -2.49. The van der Waals surface area contributed by atoms with Crippen LogP contribution in [0.5, 0.6) is 0 Å². The van der Waals surface area contributed by atoms with Crippen LogP contribution in [0.25, 0.3) is 0 Å². The second kappa shape index (κ2) is 7.01.